The zero-order valence-electron chi connectivity index (χ0n) is 10.2. The molecule has 0 saturated heterocycles. The quantitative estimate of drug-likeness (QED) is 0.868. The van der Waals surface area contributed by atoms with Gasteiger partial charge in [-0.1, -0.05) is 18.5 Å². The van der Waals surface area contributed by atoms with E-state index in [-0.39, 0.29) is 11.7 Å². The molecule has 0 fully saturated rings. The van der Waals surface area contributed by atoms with Crippen LogP contribution in [0.1, 0.15) is 31.7 Å². The molecule has 17 heavy (non-hydrogen) atoms. The van der Waals surface area contributed by atoms with Crippen LogP contribution in [-0.2, 0) is 17.1 Å². The fourth-order valence-electron chi connectivity index (χ4n) is 1.53. The van der Waals surface area contributed by atoms with E-state index in [2.05, 4.69) is 5.10 Å². The second-order valence-corrected chi connectivity index (χ2v) is 5.69. The molecule has 6 heteroatoms. The molecule has 0 saturated carbocycles. The molecule has 0 aliphatic rings. The first-order valence-corrected chi connectivity index (χ1v) is 6.93. The van der Waals surface area contributed by atoms with E-state index in [9.17, 15) is 4.79 Å². The molecule has 0 spiro atoms. The molecule has 0 radical (unpaired) electrons. The van der Waals surface area contributed by atoms with Gasteiger partial charge in [0, 0.05) is 17.5 Å². The average Bonchev–Trinajstić information content (AvgIpc) is 2.51. The minimum absolute atomic E-state index is 0.0732. The Morgan fingerprint density at radius 1 is 1.65 bits per heavy atom. The van der Waals surface area contributed by atoms with Crippen LogP contribution in [0.5, 0.6) is 0 Å². The second kappa shape index (κ2) is 6.31. The topological polar surface area (TPSA) is 55.1 Å². The van der Waals surface area contributed by atoms with Gasteiger partial charge in [0.15, 0.2) is 0 Å². The third-order valence-electron chi connectivity index (χ3n) is 2.42. The van der Waals surface area contributed by atoms with Crippen LogP contribution in [0.3, 0.4) is 0 Å². The predicted molar refractivity (Wildman–Crippen MR) is 70.7 cm³/mol. The van der Waals surface area contributed by atoms with Gasteiger partial charge >= 0.3 is 5.97 Å². The van der Waals surface area contributed by atoms with Crippen molar-refractivity contribution in [2.75, 3.05) is 0 Å². The van der Waals surface area contributed by atoms with Crippen molar-refractivity contribution in [3.8, 4) is 0 Å². The molecule has 4 nitrogen and oxygen atoms in total. The highest BCUT2D eigenvalue weighted by atomic mass is 35.5. The summed E-state index contributed by atoms with van der Waals surface area (Å²) >= 11 is 7.76. The van der Waals surface area contributed by atoms with Crippen LogP contribution in [0.4, 0.5) is 0 Å². The number of carbonyl (C=O) groups is 1. The van der Waals surface area contributed by atoms with Crippen LogP contribution in [-0.4, -0.2) is 26.1 Å². The lowest BCUT2D eigenvalue weighted by molar-refractivity contribution is -0.136. The summed E-state index contributed by atoms with van der Waals surface area (Å²) in [5, 5.41) is 13.8. The minimum atomic E-state index is -0.767. The standard InChI is InChI=1S/C11H17ClN2O2S/c1-4-14-9(11(12)8(3)13-14)6-17-7(2)5-10(15)16/h7H,4-6H2,1-3H3,(H,15,16). The van der Waals surface area contributed by atoms with E-state index < -0.39 is 5.97 Å². The third kappa shape index (κ3) is 3.92. The normalized spacial score (nSPS) is 12.7. The fraction of sp³-hybridized carbons (Fsp3) is 0.636. The van der Waals surface area contributed by atoms with E-state index in [0.717, 1.165) is 17.9 Å². The molecule has 1 rings (SSSR count). The van der Waals surface area contributed by atoms with E-state index in [1.165, 1.54) is 0 Å². The van der Waals surface area contributed by atoms with Gasteiger partial charge in [0.2, 0.25) is 0 Å². The average molecular weight is 277 g/mol. The van der Waals surface area contributed by atoms with Crippen molar-refractivity contribution in [1.29, 1.82) is 0 Å². The highest BCUT2D eigenvalue weighted by molar-refractivity contribution is 7.99. The van der Waals surface area contributed by atoms with Gasteiger partial charge in [-0.15, -0.1) is 0 Å². The number of carboxylic acid groups (broad SMARTS) is 1. The fourth-order valence-corrected chi connectivity index (χ4v) is 2.81. The van der Waals surface area contributed by atoms with Gasteiger partial charge in [-0.25, -0.2) is 0 Å². The molecule has 1 unspecified atom stereocenters. The number of rotatable bonds is 6. The van der Waals surface area contributed by atoms with E-state index >= 15 is 0 Å². The van der Waals surface area contributed by atoms with Crippen LogP contribution in [0.15, 0.2) is 0 Å². The maximum atomic E-state index is 10.6. The largest absolute Gasteiger partial charge is 0.481 e. The summed E-state index contributed by atoms with van der Waals surface area (Å²) in [5.74, 6) is -0.0709. The number of thioether (sulfide) groups is 1. The van der Waals surface area contributed by atoms with E-state index in [1.807, 2.05) is 25.5 Å². The SMILES string of the molecule is CCn1nc(C)c(Cl)c1CSC(C)CC(=O)O. The Morgan fingerprint density at radius 3 is 2.82 bits per heavy atom. The van der Waals surface area contributed by atoms with Crippen LogP contribution in [0.2, 0.25) is 5.02 Å². The number of aryl methyl sites for hydroxylation is 2. The molecular formula is C11H17ClN2O2S. The Bertz CT molecular complexity index is 406. The summed E-state index contributed by atoms with van der Waals surface area (Å²) in [6.45, 7) is 6.57. The molecule has 0 aromatic carbocycles. The maximum Gasteiger partial charge on any atom is 0.304 e. The number of aliphatic carboxylic acids is 1. The first-order valence-electron chi connectivity index (χ1n) is 5.50. The molecule has 1 atom stereocenters. The molecule has 0 amide bonds. The molecule has 96 valence electrons. The van der Waals surface area contributed by atoms with Gasteiger partial charge in [0.05, 0.1) is 22.8 Å². The van der Waals surface area contributed by atoms with Crippen LogP contribution in [0.25, 0.3) is 0 Å². The minimum Gasteiger partial charge on any atom is -0.481 e. The first kappa shape index (κ1) is 14.4. The van der Waals surface area contributed by atoms with Gasteiger partial charge in [0.25, 0.3) is 0 Å². The van der Waals surface area contributed by atoms with E-state index in [4.69, 9.17) is 16.7 Å². The van der Waals surface area contributed by atoms with Crippen molar-refractivity contribution >= 4 is 29.3 Å². The summed E-state index contributed by atoms with van der Waals surface area (Å²) in [6.07, 6.45) is 0.168. The Hall–Kier alpha value is -0.680. The van der Waals surface area contributed by atoms with Crippen molar-refractivity contribution in [1.82, 2.24) is 9.78 Å². The monoisotopic (exact) mass is 276 g/mol. The molecule has 1 aromatic heterocycles. The predicted octanol–water partition coefficient (Wildman–Crippen LogP) is 2.96. The summed E-state index contributed by atoms with van der Waals surface area (Å²) < 4.78 is 1.87. The van der Waals surface area contributed by atoms with Gasteiger partial charge in [-0.05, 0) is 13.8 Å². The van der Waals surface area contributed by atoms with Crippen LogP contribution in [0, 0.1) is 6.92 Å². The molecule has 0 aliphatic heterocycles. The molecule has 1 aromatic rings. The number of hydrogen-bond donors (Lipinski definition) is 1. The van der Waals surface area contributed by atoms with E-state index in [1.54, 1.807) is 11.8 Å². The van der Waals surface area contributed by atoms with Gasteiger partial charge in [-0.3, -0.25) is 9.48 Å². The zero-order chi connectivity index (χ0) is 13.0. The Morgan fingerprint density at radius 2 is 2.29 bits per heavy atom. The van der Waals surface area contributed by atoms with Crippen molar-refractivity contribution in [2.45, 2.75) is 44.7 Å². The first-order chi connectivity index (χ1) is 7.95. The smallest absolute Gasteiger partial charge is 0.304 e. The van der Waals surface area contributed by atoms with Crippen LogP contribution < -0.4 is 0 Å². The number of aromatic nitrogens is 2. The van der Waals surface area contributed by atoms with Crippen molar-refractivity contribution in [3.63, 3.8) is 0 Å². The Balaban J connectivity index is 2.65. The molecular weight excluding hydrogens is 260 g/mol. The number of halogens is 1. The lowest BCUT2D eigenvalue weighted by Gasteiger charge is -2.09. The highest BCUT2D eigenvalue weighted by Gasteiger charge is 2.15. The molecule has 0 aliphatic carbocycles. The summed E-state index contributed by atoms with van der Waals surface area (Å²) in [5.41, 5.74) is 1.81. The zero-order valence-corrected chi connectivity index (χ0v) is 11.8. The van der Waals surface area contributed by atoms with Gasteiger partial charge in [0.1, 0.15) is 0 Å². The second-order valence-electron chi connectivity index (χ2n) is 3.88. The number of carboxylic acids is 1. The summed E-state index contributed by atoms with van der Waals surface area (Å²) in [6, 6.07) is 0. The molecule has 1 heterocycles. The van der Waals surface area contributed by atoms with Crippen LogP contribution >= 0.6 is 23.4 Å². The lowest BCUT2D eigenvalue weighted by Crippen LogP contribution is -2.08. The highest BCUT2D eigenvalue weighted by Crippen LogP contribution is 2.27. The summed E-state index contributed by atoms with van der Waals surface area (Å²) in [7, 11) is 0. The van der Waals surface area contributed by atoms with Crippen molar-refractivity contribution in [3.05, 3.63) is 16.4 Å². The lowest BCUT2D eigenvalue weighted by atomic mass is 10.3. The molecule has 1 N–H and O–H groups in total. The Kier molecular flexibility index (Phi) is 5.33. The van der Waals surface area contributed by atoms with Gasteiger partial charge < -0.3 is 5.11 Å². The Labute approximate surface area is 110 Å². The summed E-state index contributed by atoms with van der Waals surface area (Å²) in [4.78, 5) is 10.6. The van der Waals surface area contributed by atoms with Crippen molar-refractivity contribution in [2.24, 2.45) is 0 Å². The maximum absolute atomic E-state index is 10.6. The third-order valence-corrected chi connectivity index (χ3v) is 4.09. The number of hydrogen-bond acceptors (Lipinski definition) is 3. The molecule has 0 bridgehead atoms. The van der Waals surface area contributed by atoms with E-state index in [0.29, 0.717) is 10.8 Å². The van der Waals surface area contributed by atoms with Gasteiger partial charge in [-0.2, -0.15) is 16.9 Å². The number of nitrogens with zero attached hydrogens (tertiary/aromatic N) is 2. The van der Waals surface area contributed by atoms with Crippen molar-refractivity contribution < 1.29 is 9.90 Å².